The molecule has 1 aliphatic rings. The minimum absolute atomic E-state index is 0.0229. The topological polar surface area (TPSA) is 97.0 Å². The average Bonchev–Trinajstić information content (AvgIpc) is 3.17. The molecule has 1 fully saturated rings. The Kier molecular flexibility index (Phi) is 6.01. The van der Waals surface area contributed by atoms with Crippen LogP contribution in [0.1, 0.15) is 17.4 Å². The number of nitrogens with zero attached hydrogens (tertiary/aromatic N) is 3. The first-order chi connectivity index (χ1) is 13.9. The van der Waals surface area contributed by atoms with Crippen LogP contribution in [-0.2, 0) is 9.53 Å². The number of hydrogen-bond donors (Lipinski definition) is 1. The van der Waals surface area contributed by atoms with Gasteiger partial charge in [0.1, 0.15) is 17.7 Å². The number of halogens is 2. The lowest BCUT2D eigenvalue weighted by Crippen LogP contribution is -2.60. The molecule has 0 radical (unpaired) electrons. The van der Waals surface area contributed by atoms with Crippen molar-refractivity contribution in [2.45, 2.75) is 19.0 Å². The minimum Gasteiger partial charge on any atom is -0.486 e. The highest BCUT2D eigenvalue weighted by Gasteiger charge is 2.35. The second kappa shape index (κ2) is 8.63. The Hall–Kier alpha value is -3.56. The first kappa shape index (κ1) is 20.2. The van der Waals surface area contributed by atoms with E-state index in [1.165, 1.54) is 36.7 Å². The van der Waals surface area contributed by atoms with Gasteiger partial charge in [0.15, 0.2) is 17.9 Å². The van der Waals surface area contributed by atoms with Gasteiger partial charge in [-0.1, -0.05) is 5.16 Å². The Labute approximate surface area is 164 Å². The van der Waals surface area contributed by atoms with Gasteiger partial charge in [0, 0.05) is 24.9 Å². The van der Waals surface area contributed by atoms with Gasteiger partial charge in [0.25, 0.3) is 5.91 Å². The molecule has 0 spiro atoms. The van der Waals surface area contributed by atoms with E-state index < -0.39 is 29.6 Å². The van der Waals surface area contributed by atoms with Crippen LogP contribution in [0.2, 0.25) is 0 Å². The van der Waals surface area contributed by atoms with E-state index in [1.54, 1.807) is 13.0 Å². The van der Waals surface area contributed by atoms with Gasteiger partial charge >= 0.3 is 0 Å². The van der Waals surface area contributed by atoms with Crippen LogP contribution in [0.3, 0.4) is 0 Å². The van der Waals surface area contributed by atoms with Crippen LogP contribution in [0.4, 0.5) is 8.78 Å². The molecule has 10 heteroatoms. The van der Waals surface area contributed by atoms with Crippen LogP contribution in [0, 0.1) is 11.6 Å². The zero-order valence-corrected chi connectivity index (χ0v) is 15.6. The second-order valence-corrected chi connectivity index (χ2v) is 6.28. The summed E-state index contributed by atoms with van der Waals surface area (Å²) in [7, 11) is 1.45. The van der Waals surface area contributed by atoms with Crippen molar-refractivity contribution < 1.29 is 27.6 Å². The van der Waals surface area contributed by atoms with Gasteiger partial charge < -0.3 is 19.5 Å². The van der Waals surface area contributed by atoms with Gasteiger partial charge in [0.2, 0.25) is 5.91 Å². The highest BCUT2D eigenvalue weighted by atomic mass is 19.1. The number of ether oxygens (including phenoxy) is 1. The van der Waals surface area contributed by atoms with Crippen LogP contribution in [0.5, 0.6) is 0 Å². The number of nitrogens with one attached hydrogen (secondary N) is 1. The fourth-order valence-corrected chi connectivity index (χ4v) is 2.82. The predicted molar refractivity (Wildman–Crippen MR) is 98.9 cm³/mol. The van der Waals surface area contributed by atoms with Crippen molar-refractivity contribution in [2.24, 2.45) is 4.99 Å². The number of carbonyl (C=O) groups excluding carboxylic acids is 2. The predicted octanol–water partition coefficient (Wildman–Crippen LogP) is 2.14. The van der Waals surface area contributed by atoms with Gasteiger partial charge in [-0.2, -0.15) is 0 Å². The summed E-state index contributed by atoms with van der Waals surface area (Å²) in [4.78, 5) is 30.2. The average molecular weight is 404 g/mol. The monoisotopic (exact) mass is 404 g/mol. The first-order valence-corrected chi connectivity index (χ1v) is 8.65. The fraction of sp³-hybridized carbons (Fsp3) is 0.263. The zero-order chi connectivity index (χ0) is 21.0. The summed E-state index contributed by atoms with van der Waals surface area (Å²) in [5.41, 5.74) is -0.121. The van der Waals surface area contributed by atoms with Gasteiger partial charge in [-0.05, 0) is 25.1 Å². The van der Waals surface area contributed by atoms with E-state index >= 15 is 0 Å². The molecule has 1 aliphatic heterocycles. The molecule has 8 nitrogen and oxygen atoms in total. The lowest BCUT2D eigenvalue weighted by atomic mass is 10.1. The highest BCUT2D eigenvalue weighted by Crippen LogP contribution is 2.25. The molecule has 0 aliphatic carbocycles. The van der Waals surface area contributed by atoms with E-state index in [9.17, 15) is 18.4 Å². The van der Waals surface area contributed by atoms with Crippen molar-refractivity contribution in [3.05, 3.63) is 53.9 Å². The molecule has 1 aromatic heterocycles. The summed E-state index contributed by atoms with van der Waals surface area (Å²) < 4.78 is 36.8. The van der Waals surface area contributed by atoms with Crippen LogP contribution in [0.15, 0.2) is 46.1 Å². The van der Waals surface area contributed by atoms with E-state index in [0.29, 0.717) is 6.07 Å². The van der Waals surface area contributed by atoms with Crippen molar-refractivity contribution in [2.75, 3.05) is 13.7 Å². The molecule has 2 heterocycles. The number of methoxy groups -OCH3 is 1. The maximum absolute atomic E-state index is 13.9. The van der Waals surface area contributed by atoms with Crippen molar-refractivity contribution in [1.29, 1.82) is 0 Å². The number of amides is 2. The van der Waals surface area contributed by atoms with Crippen molar-refractivity contribution in [1.82, 2.24) is 15.4 Å². The van der Waals surface area contributed by atoms with Gasteiger partial charge in [-0.3, -0.25) is 9.59 Å². The summed E-state index contributed by atoms with van der Waals surface area (Å²) in [6.07, 6.45) is 4.28. The number of rotatable bonds is 5. The molecule has 2 aromatic rings. The molecule has 29 heavy (non-hydrogen) atoms. The lowest BCUT2D eigenvalue weighted by molar-refractivity contribution is -0.128. The smallest absolute Gasteiger partial charge is 0.276 e. The van der Waals surface area contributed by atoms with E-state index in [0.717, 1.165) is 6.07 Å². The molecular weight excluding hydrogens is 386 g/mol. The molecule has 2 atom stereocenters. The molecule has 1 N–H and O–H groups in total. The molecule has 2 unspecified atom stereocenters. The maximum atomic E-state index is 13.9. The number of carbonyl (C=O) groups is 2. The molecule has 2 amide bonds. The highest BCUT2D eigenvalue weighted by molar-refractivity contribution is 5.97. The lowest BCUT2D eigenvalue weighted by Gasteiger charge is -2.36. The van der Waals surface area contributed by atoms with E-state index in [-0.39, 0.29) is 29.5 Å². The quantitative estimate of drug-likeness (QED) is 0.608. The molecule has 3 rings (SSSR count). The maximum Gasteiger partial charge on any atom is 0.276 e. The van der Waals surface area contributed by atoms with Crippen molar-refractivity contribution in [3.63, 3.8) is 0 Å². The number of benzene rings is 1. The fourth-order valence-electron chi connectivity index (χ4n) is 2.82. The Balaban J connectivity index is 1.79. The third kappa shape index (κ3) is 4.48. The van der Waals surface area contributed by atoms with Crippen molar-refractivity contribution >= 4 is 18.2 Å². The third-order valence-corrected chi connectivity index (χ3v) is 4.33. The largest absolute Gasteiger partial charge is 0.486 e. The molecule has 0 saturated carbocycles. The Morgan fingerprint density at radius 3 is 2.93 bits per heavy atom. The molecule has 0 bridgehead atoms. The van der Waals surface area contributed by atoms with Crippen molar-refractivity contribution in [3.8, 4) is 11.3 Å². The van der Waals surface area contributed by atoms with E-state index in [4.69, 9.17) is 4.52 Å². The summed E-state index contributed by atoms with van der Waals surface area (Å²) in [6.45, 7) is 1.76. The Bertz CT molecular complexity index is 973. The molecule has 152 valence electrons. The minimum atomic E-state index is -0.840. The van der Waals surface area contributed by atoms with E-state index in [2.05, 4.69) is 20.2 Å². The Morgan fingerprint density at radius 2 is 2.21 bits per heavy atom. The Morgan fingerprint density at radius 1 is 1.41 bits per heavy atom. The van der Waals surface area contributed by atoms with Gasteiger partial charge in [-0.15, -0.1) is 0 Å². The number of hydrogen-bond acceptors (Lipinski definition) is 6. The normalized spacial score (nSPS) is 19.7. The third-order valence-electron chi connectivity index (χ3n) is 4.33. The van der Waals surface area contributed by atoms with Crippen LogP contribution >= 0.6 is 0 Å². The summed E-state index contributed by atoms with van der Waals surface area (Å²) >= 11 is 0. The zero-order valence-electron chi connectivity index (χ0n) is 15.6. The van der Waals surface area contributed by atoms with Crippen LogP contribution in [0.25, 0.3) is 11.3 Å². The van der Waals surface area contributed by atoms with E-state index in [1.807, 2.05) is 0 Å². The first-order valence-electron chi connectivity index (χ1n) is 8.65. The summed E-state index contributed by atoms with van der Waals surface area (Å²) in [5, 5.41) is 6.45. The SMILES string of the molecule is COC=N/C=C/C1CN(C(=O)c2cc(-c3ccc(F)cc3F)on2)C(C)C(=O)N1. The molecular formula is C19H18F2N4O4. The molecule has 1 aromatic carbocycles. The van der Waals surface area contributed by atoms with Gasteiger partial charge in [0.05, 0.1) is 18.7 Å². The summed E-state index contributed by atoms with van der Waals surface area (Å²) in [6, 6.07) is 3.03. The molecule has 1 saturated heterocycles. The standard InChI is InChI=1S/C19H18F2N4O4/c1-11-18(26)23-13(5-6-22-10-28-2)9-25(11)19(27)16-8-17(29-24-16)14-4-3-12(20)7-15(14)21/h3-8,10-11,13H,9H2,1-2H3,(H,23,26)/b6-5+,22-10?. The van der Waals surface area contributed by atoms with Crippen LogP contribution < -0.4 is 5.32 Å². The summed E-state index contributed by atoms with van der Waals surface area (Å²) in [5.74, 6) is -2.49. The number of aromatic nitrogens is 1. The van der Waals surface area contributed by atoms with Crippen LogP contribution in [-0.4, -0.2) is 54.0 Å². The number of piperazine rings is 1. The number of aliphatic imine (C=N–C) groups is 1. The second-order valence-electron chi connectivity index (χ2n) is 6.28. The van der Waals surface area contributed by atoms with Gasteiger partial charge in [-0.25, -0.2) is 13.8 Å².